The van der Waals surface area contributed by atoms with Crippen molar-refractivity contribution in [1.82, 2.24) is 4.98 Å². The number of halogens is 1. The Balaban J connectivity index is 1.97. The summed E-state index contributed by atoms with van der Waals surface area (Å²) < 4.78 is 0. The molecule has 0 N–H and O–H groups in total. The smallest absolute Gasteiger partial charge is 0.0732 e. The van der Waals surface area contributed by atoms with E-state index < -0.39 is 0 Å². The zero-order valence-electron chi connectivity index (χ0n) is 13.9. The topological polar surface area (TPSA) is 16.1 Å². The third kappa shape index (κ3) is 2.87. The average Bonchev–Trinajstić information content (AvgIpc) is 2.61. The van der Waals surface area contributed by atoms with Crippen molar-refractivity contribution in [3.8, 4) is 11.1 Å². The Bertz CT molecular complexity index is 882. The molecule has 24 heavy (non-hydrogen) atoms. The molecule has 2 heterocycles. The highest BCUT2D eigenvalue weighted by molar-refractivity contribution is 6.31. The minimum atomic E-state index is 0.768. The maximum atomic E-state index is 6.23. The van der Waals surface area contributed by atoms with Gasteiger partial charge in [0.2, 0.25) is 0 Å². The Kier molecular flexibility index (Phi) is 4.15. The van der Waals surface area contributed by atoms with Crippen LogP contribution in [0.3, 0.4) is 0 Å². The van der Waals surface area contributed by atoms with Crippen molar-refractivity contribution in [1.29, 1.82) is 0 Å². The molecule has 1 aliphatic heterocycles. The van der Waals surface area contributed by atoms with Crippen molar-refractivity contribution in [2.45, 2.75) is 26.2 Å². The number of pyridine rings is 1. The highest BCUT2D eigenvalue weighted by Gasteiger charge is 2.17. The fourth-order valence-corrected chi connectivity index (χ4v) is 3.87. The van der Waals surface area contributed by atoms with Crippen LogP contribution in [-0.4, -0.2) is 18.1 Å². The summed E-state index contributed by atoms with van der Waals surface area (Å²) in [5, 5.41) is 2.01. The summed E-state index contributed by atoms with van der Waals surface area (Å²) in [6, 6.07) is 16.7. The molecule has 1 fully saturated rings. The lowest BCUT2D eigenvalue weighted by Crippen LogP contribution is -2.29. The van der Waals surface area contributed by atoms with Gasteiger partial charge in [-0.25, -0.2) is 0 Å². The summed E-state index contributed by atoms with van der Waals surface area (Å²) >= 11 is 6.23. The number of aromatic nitrogens is 1. The maximum Gasteiger partial charge on any atom is 0.0732 e. The third-order valence-electron chi connectivity index (χ3n) is 4.77. The zero-order chi connectivity index (χ0) is 16.5. The Morgan fingerprint density at radius 2 is 1.75 bits per heavy atom. The highest BCUT2D eigenvalue weighted by Crippen LogP contribution is 2.37. The van der Waals surface area contributed by atoms with E-state index in [1.54, 1.807) is 0 Å². The Labute approximate surface area is 148 Å². The van der Waals surface area contributed by atoms with Crippen LogP contribution in [0.2, 0.25) is 5.02 Å². The Morgan fingerprint density at radius 1 is 0.958 bits per heavy atom. The van der Waals surface area contributed by atoms with Crippen molar-refractivity contribution in [3.63, 3.8) is 0 Å². The fourth-order valence-electron chi connectivity index (χ4n) is 3.68. The third-order valence-corrected chi connectivity index (χ3v) is 5.01. The van der Waals surface area contributed by atoms with Crippen molar-refractivity contribution in [3.05, 3.63) is 59.2 Å². The van der Waals surface area contributed by atoms with Crippen LogP contribution < -0.4 is 4.90 Å². The van der Waals surface area contributed by atoms with E-state index in [0.29, 0.717) is 0 Å². The number of fused-ring (bicyclic) bond motifs is 1. The van der Waals surface area contributed by atoms with Gasteiger partial charge < -0.3 is 4.90 Å². The van der Waals surface area contributed by atoms with Crippen LogP contribution in [0.15, 0.2) is 48.5 Å². The number of piperidine rings is 1. The van der Waals surface area contributed by atoms with Gasteiger partial charge in [-0.05, 0) is 61.6 Å². The van der Waals surface area contributed by atoms with Crippen LogP contribution in [0.5, 0.6) is 0 Å². The minimum absolute atomic E-state index is 0.768. The highest BCUT2D eigenvalue weighted by atomic mass is 35.5. The van der Waals surface area contributed by atoms with Gasteiger partial charge in [-0.3, -0.25) is 4.98 Å². The molecule has 0 aliphatic carbocycles. The molecule has 1 aromatic heterocycles. The number of nitrogens with zero attached hydrogens (tertiary/aromatic N) is 2. The lowest BCUT2D eigenvalue weighted by atomic mass is 9.97. The normalized spacial score (nSPS) is 15.0. The summed E-state index contributed by atoms with van der Waals surface area (Å²) in [6.07, 6.45) is 3.87. The van der Waals surface area contributed by atoms with Gasteiger partial charge in [0.05, 0.1) is 5.52 Å². The maximum absolute atomic E-state index is 6.23. The largest absolute Gasteiger partial charge is 0.371 e. The first-order valence-corrected chi connectivity index (χ1v) is 9.01. The number of rotatable bonds is 2. The number of hydrogen-bond donors (Lipinski definition) is 0. The van der Waals surface area contributed by atoms with Gasteiger partial charge in [-0.15, -0.1) is 0 Å². The van der Waals surface area contributed by atoms with Crippen molar-refractivity contribution in [2.75, 3.05) is 18.0 Å². The lowest BCUT2D eigenvalue weighted by molar-refractivity contribution is 0.579. The standard InChI is InChI=1S/C21H21ClN2/c1-15-13-20(24-11-3-2-4-12-24)21-18(9-6-10-19(21)23-15)16-7-5-8-17(22)14-16/h5-10,13-14H,2-4,11-12H2,1H3. The number of anilines is 1. The molecule has 122 valence electrons. The molecule has 1 saturated heterocycles. The van der Waals surface area contributed by atoms with Crippen LogP contribution in [0.1, 0.15) is 25.0 Å². The molecule has 2 aromatic carbocycles. The first-order valence-electron chi connectivity index (χ1n) is 8.63. The van der Waals surface area contributed by atoms with Gasteiger partial charge in [-0.2, -0.15) is 0 Å². The van der Waals surface area contributed by atoms with Crippen LogP contribution in [0, 0.1) is 6.92 Å². The number of hydrogen-bond acceptors (Lipinski definition) is 2. The zero-order valence-corrected chi connectivity index (χ0v) is 14.7. The van der Waals surface area contributed by atoms with E-state index in [1.807, 2.05) is 18.2 Å². The quantitative estimate of drug-likeness (QED) is 0.583. The van der Waals surface area contributed by atoms with E-state index in [-0.39, 0.29) is 0 Å². The lowest BCUT2D eigenvalue weighted by Gasteiger charge is -2.30. The number of aryl methyl sites for hydroxylation is 1. The first-order chi connectivity index (χ1) is 11.7. The molecule has 1 aliphatic rings. The molecule has 0 unspecified atom stereocenters. The summed E-state index contributed by atoms with van der Waals surface area (Å²) in [7, 11) is 0. The molecule has 0 atom stereocenters. The molecule has 3 aromatic rings. The summed E-state index contributed by atoms with van der Waals surface area (Å²) in [6.45, 7) is 4.34. The van der Waals surface area contributed by atoms with Crippen LogP contribution in [0.4, 0.5) is 5.69 Å². The first kappa shape index (κ1) is 15.5. The average molecular weight is 337 g/mol. The van der Waals surface area contributed by atoms with Gasteiger partial charge >= 0.3 is 0 Å². The van der Waals surface area contributed by atoms with E-state index in [2.05, 4.69) is 42.2 Å². The number of benzene rings is 2. The van der Waals surface area contributed by atoms with Gasteiger partial charge in [0.25, 0.3) is 0 Å². The second kappa shape index (κ2) is 6.45. The minimum Gasteiger partial charge on any atom is -0.371 e. The molecule has 0 spiro atoms. The van der Waals surface area contributed by atoms with Gasteiger partial charge in [0.1, 0.15) is 0 Å². The molecule has 0 amide bonds. The molecular weight excluding hydrogens is 316 g/mol. The van der Waals surface area contributed by atoms with Crippen molar-refractivity contribution >= 4 is 28.2 Å². The predicted molar refractivity (Wildman–Crippen MR) is 103 cm³/mol. The molecule has 0 saturated carbocycles. The summed E-state index contributed by atoms with van der Waals surface area (Å²) in [5.41, 5.74) is 5.81. The Hall–Kier alpha value is -2.06. The van der Waals surface area contributed by atoms with Gasteiger partial charge in [-0.1, -0.05) is 35.9 Å². The molecule has 0 radical (unpaired) electrons. The predicted octanol–water partition coefficient (Wildman–Crippen LogP) is 5.85. The SMILES string of the molecule is Cc1cc(N2CCCCC2)c2c(-c3cccc(Cl)c3)cccc2n1. The van der Waals surface area contributed by atoms with Gasteiger partial charge in [0.15, 0.2) is 0 Å². The van der Waals surface area contributed by atoms with E-state index in [4.69, 9.17) is 16.6 Å². The van der Waals surface area contributed by atoms with E-state index in [9.17, 15) is 0 Å². The van der Waals surface area contributed by atoms with E-state index >= 15 is 0 Å². The molecule has 2 nitrogen and oxygen atoms in total. The fraction of sp³-hybridized carbons (Fsp3) is 0.286. The van der Waals surface area contributed by atoms with Crippen molar-refractivity contribution < 1.29 is 0 Å². The Morgan fingerprint density at radius 3 is 2.54 bits per heavy atom. The van der Waals surface area contributed by atoms with Gasteiger partial charge in [0, 0.05) is 34.9 Å². The van der Waals surface area contributed by atoms with E-state index in [1.165, 1.54) is 35.9 Å². The van der Waals surface area contributed by atoms with Crippen LogP contribution in [0.25, 0.3) is 22.0 Å². The van der Waals surface area contributed by atoms with E-state index in [0.717, 1.165) is 34.9 Å². The van der Waals surface area contributed by atoms with Crippen molar-refractivity contribution in [2.24, 2.45) is 0 Å². The summed E-state index contributed by atoms with van der Waals surface area (Å²) in [4.78, 5) is 7.30. The molecule has 0 bridgehead atoms. The molecule has 4 rings (SSSR count). The molecule has 3 heteroatoms. The van der Waals surface area contributed by atoms with Crippen LogP contribution in [-0.2, 0) is 0 Å². The monoisotopic (exact) mass is 336 g/mol. The second-order valence-corrected chi connectivity index (χ2v) is 6.98. The molecular formula is C21H21ClN2. The second-order valence-electron chi connectivity index (χ2n) is 6.54. The van der Waals surface area contributed by atoms with Crippen LogP contribution >= 0.6 is 11.6 Å². The summed E-state index contributed by atoms with van der Waals surface area (Å²) in [5.74, 6) is 0.